The molecule has 88 valence electrons. The standard InChI is InChI=1S/C12H17NO3/c1-3-5-9(2)8-16-10-6-4-7-13-11(10)12(14)15/h4,6-7,9H,3,5,8H2,1-2H3,(H,14,15). The van der Waals surface area contributed by atoms with E-state index in [4.69, 9.17) is 9.84 Å². The summed E-state index contributed by atoms with van der Waals surface area (Å²) < 4.78 is 5.47. The Morgan fingerprint density at radius 2 is 2.38 bits per heavy atom. The Hall–Kier alpha value is -1.58. The van der Waals surface area contributed by atoms with E-state index in [0.717, 1.165) is 12.8 Å². The zero-order valence-corrected chi connectivity index (χ0v) is 9.64. The van der Waals surface area contributed by atoms with Gasteiger partial charge in [-0.25, -0.2) is 9.78 Å². The van der Waals surface area contributed by atoms with Crippen molar-refractivity contribution in [2.45, 2.75) is 26.7 Å². The van der Waals surface area contributed by atoms with Gasteiger partial charge in [-0.3, -0.25) is 0 Å². The monoisotopic (exact) mass is 223 g/mol. The molecule has 1 heterocycles. The summed E-state index contributed by atoms with van der Waals surface area (Å²) >= 11 is 0. The lowest BCUT2D eigenvalue weighted by molar-refractivity contribution is 0.0684. The molecule has 4 nitrogen and oxygen atoms in total. The average molecular weight is 223 g/mol. The number of aromatic nitrogens is 1. The van der Waals surface area contributed by atoms with Crippen LogP contribution >= 0.6 is 0 Å². The highest BCUT2D eigenvalue weighted by Gasteiger charge is 2.12. The van der Waals surface area contributed by atoms with E-state index in [9.17, 15) is 4.79 Å². The number of ether oxygens (including phenoxy) is 1. The Morgan fingerprint density at radius 3 is 3.00 bits per heavy atom. The van der Waals surface area contributed by atoms with Crippen LogP contribution in [-0.2, 0) is 0 Å². The van der Waals surface area contributed by atoms with Crippen molar-refractivity contribution in [1.29, 1.82) is 0 Å². The highest BCUT2D eigenvalue weighted by molar-refractivity contribution is 5.88. The maximum Gasteiger partial charge on any atom is 0.358 e. The third kappa shape index (κ3) is 3.53. The van der Waals surface area contributed by atoms with E-state index in [1.165, 1.54) is 6.20 Å². The summed E-state index contributed by atoms with van der Waals surface area (Å²) in [6.07, 6.45) is 3.62. The van der Waals surface area contributed by atoms with Gasteiger partial charge in [0.05, 0.1) is 6.61 Å². The first kappa shape index (κ1) is 12.5. The third-order valence-electron chi connectivity index (χ3n) is 2.28. The molecule has 0 aliphatic heterocycles. The van der Waals surface area contributed by atoms with E-state index >= 15 is 0 Å². The Labute approximate surface area is 95.3 Å². The summed E-state index contributed by atoms with van der Waals surface area (Å²) in [7, 11) is 0. The summed E-state index contributed by atoms with van der Waals surface area (Å²) in [4.78, 5) is 14.6. The molecular weight excluding hydrogens is 206 g/mol. The van der Waals surface area contributed by atoms with E-state index in [-0.39, 0.29) is 5.69 Å². The minimum Gasteiger partial charge on any atom is -0.491 e. The molecule has 0 aliphatic rings. The number of hydrogen-bond donors (Lipinski definition) is 1. The van der Waals surface area contributed by atoms with Gasteiger partial charge in [-0.05, 0) is 24.5 Å². The van der Waals surface area contributed by atoms with Crippen molar-refractivity contribution in [3.8, 4) is 5.75 Å². The van der Waals surface area contributed by atoms with E-state index in [0.29, 0.717) is 18.3 Å². The van der Waals surface area contributed by atoms with Crippen LogP contribution in [0, 0.1) is 5.92 Å². The highest BCUT2D eigenvalue weighted by Crippen LogP contribution is 2.17. The Kier molecular flexibility index (Phi) is 4.76. The van der Waals surface area contributed by atoms with Crippen LogP contribution < -0.4 is 4.74 Å². The predicted molar refractivity (Wildman–Crippen MR) is 60.8 cm³/mol. The van der Waals surface area contributed by atoms with Gasteiger partial charge in [0.25, 0.3) is 0 Å². The first-order valence-electron chi connectivity index (χ1n) is 5.46. The summed E-state index contributed by atoms with van der Waals surface area (Å²) in [6, 6.07) is 3.31. The Morgan fingerprint density at radius 1 is 1.62 bits per heavy atom. The van der Waals surface area contributed by atoms with Gasteiger partial charge in [0.15, 0.2) is 11.4 Å². The number of carboxylic acid groups (broad SMARTS) is 1. The fourth-order valence-corrected chi connectivity index (χ4v) is 1.48. The average Bonchev–Trinajstić information content (AvgIpc) is 2.27. The van der Waals surface area contributed by atoms with E-state index in [2.05, 4.69) is 18.8 Å². The second-order valence-electron chi connectivity index (χ2n) is 3.86. The van der Waals surface area contributed by atoms with Crippen molar-refractivity contribution >= 4 is 5.97 Å². The van der Waals surface area contributed by atoms with Gasteiger partial charge in [0.2, 0.25) is 0 Å². The molecule has 0 fully saturated rings. The lowest BCUT2D eigenvalue weighted by Crippen LogP contribution is -2.11. The van der Waals surface area contributed by atoms with Crippen LogP contribution in [0.2, 0.25) is 0 Å². The van der Waals surface area contributed by atoms with Gasteiger partial charge in [0.1, 0.15) is 0 Å². The summed E-state index contributed by atoms with van der Waals surface area (Å²) in [5.41, 5.74) is -0.0220. The second kappa shape index (κ2) is 6.10. The van der Waals surface area contributed by atoms with Gasteiger partial charge in [-0.15, -0.1) is 0 Å². The first-order valence-corrected chi connectivity index (χ1v) is 5.46. The number of rotatable bonds is 6. The molecule has 0 radical (unpaired) electrons. The van der Waals surface area contributed by atoms with Gasteiger partial charge in [0, 0.05) is 6.20 Å². The fourth-order valence-electron chi connectivity index (χ4n) is 1.48. The van der Waals surface area contributed by atoms with Gasteiger partial charge < -0.3 is 9.84 Å². The van der Waals surface area contributed by atoms with Crippen LogP contribution in [0.5, 0.6) is 5.75 Å². The van der Waals surface area contributed by atoms with Crippen molar-refractivity contribution in [1.82, 2.24) is 4.98 Å². The number of pyridine rings is 1. The zero-order chi connectivity index (χ0) is 12.0. The molecular formula is C12H17NO3. The Bertz CT molecular complexity index is 352. The van der Waals surface area contributed by atoms with Crippen LogP contribution in [-0.4, -0.2) is 22.7 Å². The molecule has 0 aliphatic carbocycles. The maximum absolute atomic E-state index is 10.8. The first-order chi connectivity index (χ1) is 7.65. The summed E-state index contributed by atoms with van der Waals surface area (Å²) in [5.74, 6) is -0.288. The van der Waals surface area contributed by atoms with Crippen LogP contribution in [0.15, 0.2) is 18.3 Å². The largest absolute Gasteiger partial charge is 0.491 e. The molecule has 0 aromatic carbocycles. The molecule has 1 aromatic heterocycles. The molecule has 1 aromatic rings. The highest BCUT2D eigenvalue weighted by atomic mass is 16.5. The summed E-state index contributed by atoms with van der Waals surface area (Å²) in [6.45, 7) is 4.73. The molecule has 1 N–H and O–H groups in total. The smallest absolute Gasteiger partial charge is 0.358 e. The maximum atomic E-state index is 10.8. The molecule has 0 spiro atoms. The molecule has 0 saturated carbocycles. The van der Waals surface area contributed by atoms with Gasteiger partial charge in [-0.1, -0.05) is 20.3 Å². The van der Waals surface area contributed by atoms with Crippen LogP contribution in [0.1, 0.15) is 37.2 Å². The molecule has 4 heteroatoms. The van der Waals surface area contributed by atoms with Gasteiger partial charge >= 0.3 is 5.97 Å². The van der Waals surface area contributed by atoms with Crippen molar-refractivity contribution in [2.24, 2.45) is 5.92 Å². The van der Waals surface area contributed by atoms with E-state index < -0.39 is 5.97 Å². The van der Waals surface area contributed by atoms with Crippen LogP contribution in [0.4, 0.5) is 0 Å². The van der Waals surface area contributed by atoms with Crippen molar-refractivity contribution in [3.05, 3.63) is 24.0 Å². The van der Waals surface area contributed by atoms with Crippen molar-refractivity contribution < 1.29 is 14.6 Å². The van der Waals surface area contributed by atoms with Crippen molar-refractivity contribution in [3.63, 3.8) is 0 Å². The lowest BCUT2D eigenvalue weighted by Gasteiger charge is -2.12. The zero-order valence-electron chi connectivity index (χ0n) is 9.64. The fraction of sp³-hybridized carbons (Fsp3) is 0.500. The Balaban J connectivity index is 2.63. The van der Waals surface area contributed by atoms with Crippen molar-refractivity contribution in [2.75, 3.05) is 6.61 Å². The van der Waals surface area contributed by atoms with E-state index in [1.54, 1.807) is 12.1 Å². The normalized spacial score (nSPS) is 12.1. The third-order valence-corrected chi connectivity index (χ3v) is 2.28. The molecule has 16 heavy (non-hydrogen) atoms. The number of aromatic carboxylic acids is 1. The van der Waals surface area contributed by atoms with Crippen LogP contribution in [0.3, 0.4) is 0 Å². The molecule has 1 rings (SSSR count). The minimum atomic E-state index is -1.06. The number of carboxylic acids is 1. The quantitative estimate of drug-likeness (QED) is 0.805. The second-order valence-corrected chi connectivity index (χ2v) is 3.86. The number of carbonyl (C=O) groups is 1. The topological polar surface area (TPSA) is 59.4 Å². The van der Waals surface area contributed by atoms with Gasteiger partial charge in [-0.2, -0.15) is 0 Å². The molecule has 0 saturated heterocycles. The SMILES string of the molecule is CCCC(C)COc1cccnc1C(=O)O. The molecule has 1 atom stereocenters. The molecule has 0 amide bonds. The van der Waals surface area contributed by atoms with E-state index in [1.807, 2.05) is 0 Å². The number of nitrogens with zero attached hydrogens (tertiary/aromatic N) is 1. The lowest BCUT2D eigenvalue weighted by atomic mass is 10.1. The van der Waals surface area contributed by atoms with Crippen LogP contribution in [0.25, 0.3) is 0 Å². The molecule has 1 unspecified atom stereocenters. The molecule has 0 bridgehead atoms. The predicted octanol–water partition coefficient (Wildman–Crippen LogP) is 2.59. The summed E-state index contributed by atoms with van der Waals surface area (Å²) in [5, 5.41) is 8.89. The minimum absolute atomic E-state index is 0.0220. The number of hydrogen-bond acceptors (Lipinski definition) is 3.